The number of aromatic nitrogens is 2. The SMILES string of the molecule is C=CCCc1cc(N)n(-c2ccccc2)n1. The normalized spacial score (nSPS) is 10.2. The van der Waals surface area contributed by atoms with E-state index in [4.69, 9.17) is 5.73 Å². The van der Waals surface area contributed by atoms with Crippen LogP contribution in [0.4, 0.5) is 5.82 Å². The Morgan fingerprint density at radius 2 is 2.06 bits per heavy atom. The zero-order valence-corrected chi connectivity index (χ0v) is 9.13. The Kier molecular flexibility index (Phi) is 3.05. The number of nitrogens with zero attached hydrogens (tertiary/aromatic N) is 2. The minimum atomic E-state index is 0.672. The van der Waals surface area contributed by atoms with Gasteiger partial charge in [-0.15, -0.1) is 6.58 Å². The number of hydrogen-bond donors (Lipinski definition) is 1. The first-order valence-electron chi connectivity index (χ1n) is 5.32. The average Bonchev–Trinajstić information content (AvgIpc) is 2.69. The van der Waals surface area contributed by atoms with Gasteiger partial charge in [0.25, 0.3) is 0 Å². The van der Waals surface area contributed by atoms with Crippen LogP contribution in [0.25, 0.3) is 5.69 Å². The second-order valence-electron chi connectivity index (χ2n) is 3.64. The molecule has 2 N–H and O–H groups in total. The molecule has 3 heteroatoms. The van der Waals surface area contributed by atoms with Crippen LogP contribution < -0.4 is 5.73 Å². The van der Waals surface area contributed by atoms with Crippen molar-refractivity contribution in [3.05, 3.63) is 54.7 Å². The maximum Gasteiger partial charge on any atom is 0.127 e. The molecule has 0 aliphatic rings. The highest BCUT2D eigenvalue weighted by Gasteiger charge is 2.05. The molecule has 0 unspecified atom stereocenters. The molecular formula is C13H15N3. The molecule has 2 aromatic rings. The fourth-order valence-electron chi connectivity index (χ4n) is 1.60. The molecule has 0 bridgehead atoms. The van der Waals surface area contributed by atoms with Crippen LogP contribution in [-0.2, 0) is 6.42 Å². The molecule has 0 saturated carbocycles. The average molecular weight is 213 g/mol. The number of nitrogens with two attached hydrogens (primary N) is 1. The van der Waals surface area contributed by atoms with Crippen molar-refractivity contribution in [3.8, 4) is 5.69 Å². The van der Waals surface area contributed by atoms with E-state index in [1.165, 1.54) is 0 Å². The fraction of sp³-hybridized carbons (Fsp3) is 0.154. The highest BCUT2D eigenvalue weighted by molar-refractivity contribution is 5.42. The summed E-state index contributed by atoms with van der Waals surface area (Å²) in [5.74, 6) is 0.672. The van der Waals surface area contributed by atoms with Crippen LogP contribution in [0.5, 0.6) is 0 Å². The van der Waals surface area contributed by atoms with E-state index >= 15 is 0 Å². The molecule has 2 rings (SSSR count). The van der Waals surface area contributed by atoms with Crippen LogP contribution >= 0.6 is 0 Å². The molecule has 16 heavy (non-hydrogen) atoms. The molecule has 1 aromatic heterocycles. The maximum absolute atomic E-state index is 5.92. The zero-order valence-electron chi connectivity index (χ0n) is 9.13. The van der Waals surface area contributed by atoms with Gasteiger partial charge in [-0.25, -0.2) is 4.68 Å². The van der Waals surface area contributed by atoms with Gasteiger partial charge in [0.05, 0.1) is 11.4 Å². The molecule has 0 fully saturated rings. The van der Waals surface area contributed by atoms with E-state index in [0.717, 1.165) is 24.2 Å². The maximum atomic E-state index is 5.92. The first-order valence-corrected chi connectivity index (χ1v) is 5.32. The van der Waals surface area contributed by atoms with E-state index in [-0.39, 0.29) is 0 Å². The summed E-state index contributed by atoms with van der Waals surface area (Å²) >= 11 is 0. The predicted molar refractivity (Wildman–Crippen MR) is 66.5 cm³/mol. The molecular weight excluding hydrogens is 198 g/mol. The van der Waals surface area contributed by atoms with Crippen molar-refractivity contribution >= 4 is 5.82 Å². The van der Waals surface area contributed by atoms with Crippen molar-refractivity contribution in [1.29, 1.82) is 0 Å². The van der Waals surface area contributed by atoms with Gasteiger partial charge in [0, 0.05) is 6.07 Å². The standard InChI is InChI=1S/C13H15N3/c1-2-3-7-11-10-13(14)16(15-11)12-8-5-4-6-9-12/h2,4-6,8-10H,1,3,7,14H2. The second-order valence-corrected chi connectivity index (χ2v) is 3.64. The molecule has 82 valence electrons. The summed E-state index contributed by atoms with van der Waals surface area (Å²) < 4.78 is 1.76. The number of para-hydroxylation sites is 1. The smallest absolute Gasteiger partial charge is 0.127 e. The van der Waals surface area contributed by atoms with Gasteiger partial charge in [-0.3, -0.25) is 0 Å². The van der Waals surface area contributed by atoms with E-state index in [1.54, 1.807) is 4.68 Å². The summed E-state index contributed by atoms with van der Waals surface area (Å²) in [6.07, 6.45) is 3.69. The van der Waals surface area contributed by atoms with Gasteiger partial charge >= 0.3 is 0 Å². The van der Waals surface area contributed by atoms with Gasteiger partial charge in [-0.2, -0.15) is 5.10 Å². The minimum Gasteiger partial charge on any atom is -0.384 e. The van der Waals surface area contributed by atoms with Gasteiger partial charge in [0.15, 0.2) is 0 Å². The number of nitrogen functional groups attached to an aromatic ring is 1. The van der Waals surface area contributed by atoms with Gasteiger partial charge in [0.2, 0.25) is 0 Å². The van der Waals surface area contributed by atoms with Crippen LogP contribution in [0.1, 0.15) is 12.1 Å². The van der Waals surface area contributed by atoms with E-state index in [0.29, 0.717) is 5.82 Å². The van der Waals surface area contributed by atoms with Crippen molar-refractivity contribution in [1.82, 2.24) is 9.78 Å². The Bertz CT molecular complexity index is 471. The van der Waals surface area contributed by atoms with Crippen LogP contribution in [0.2, 0.25) is 0 Å². The Hall–Kier alpha value is -2.03. The summed E-state index contributed by atoms with van der Waals surface area (Å²) in [6, 6.07) is 11.8. The molecule has 3 nitrogen and oxygen atoms in total. The number of benzene rings is 1. The molecule has 0 saturated heterocycles. The number of rotatable bonds is 4. The summed E-state index contributed by atoms with van der Waals surface area (Å²) in [5, 5.41) is 4.46. The van der Waals surface area contributed by atoms with Gasteiger partial charge in [-0.05, 0) is 25.0 Å². The van der Waals surface area contributed by atoms with Crippen LogP contribution in [0, 0.1) is 0 Å². The molecule has 0 aliphatic carbocycles. The van der Waals surface area contributed by atoms with Crippen molar-refractivity contribution in [2.45, 2.75) is 12.8 Å². The third kappa shape index (κ3) is 2.14. The largest absolute Gasteiger partial charge is 0.384 e. The van der Waals surface area contributed by atoms with Gasteiger partial charge < -0.3 is 5.73 Å². The molecule has 0 amide bonds. The Balaban J connectivity index is 2.28. The number of allylic oxidation sites excluding steroid dienone is 1. The molecule has 1 aromatic carbocycles. The summed E-state index contributed by atoms with van der Waals surface area (Å²) in [7, 11) is 0. The van der Waals surface area contributed by atoms with Gasteiger partial charge in [-0.1, -0.05) is 24.3 Å². The topological polar surface area (TPSA) is 43.8 Å². The second kappa shape index (κ2) is 4.66. The number of aryl methyl sites for hydroxylation is 1. The first kappa shape index (κ1) is 10.5. The van der Waals surface area contributed by atoms with Crippen molar-refractivity contribution in [3.63, 3.8) is 0 Å². The Morgan fingerprint density at radius 3 is 2.75 bits per heavy atom. The lowest BCUT2D eigenvalue weighted by molar-refractivity contribution is 0.831. The summed E-state index contributed by atoms with van der Waals surface area (Å²) in [5.41, 5.74) is 7.91. The Morgan fingerprint density at radius 1 is 1.31 bits per heavy atom. The third-order valence-electron chi connectivity index (χ3n) is 2.39. The highest BCUT2D eigenvalue weighted by Crippen LogP contribution is 2.14. The fourth-order valence-corrected chi connectivity index (χ4v) is 1.60. The zero-order chi connectivity index (χ0) is 11.4. The van der Waals surface area contributed by atoms with Crippen molar-refractivity contribution < 1.29 is 0 Å². The monoisotopic (exact) mass is 213 g/mol. The van der Waals surface area contributed by atoms with Gasteiger partial charge in [0.1, 0.15) is 5.82 Å². The quantitative estimate of drug-likeness (QED) is 0.793. The summed E-state index contributed by atoms with van der Waals surface area (Å²) in [4.78, 5) is 0. The van der Waals surface area contributed by atoms with Crippen LogP contribution in [0.3, 0.4) is 0 Å². The van der Waals surface area contributed by atoms with Crippen LogP contribution in [0.15, 0.2) is 49.1 Å². The molecule has 0 spiro atoms. The predicted octanol–water partition coefficient (Wildman–Crippen LogP) is 2.57. The Labute approximate surface area is 95.2 Å². The first-order chi connectivity index (χ1) is 7.81. The third-order valence-corrected chi connectivity index (χ3v) is 2.39. The lowest BCUT2D eigenvalue weighted by Crippen LogP contribution is -2.01. The summed E-state index contributed by atoms with van der Waals surface area (Å²) in [6.45, 7) is 3.70. The van der Waals surface area contributed by atoms with E-state index in [9.17, 15) is 0 Å². The minimum absolute atomic E-state index is 0.672. The molecule has 1 heterocycles. The van der Waals surface area contributed by atoms with E-state index < -0.39 is 0 Å². The number of anilines is 1. The molecule has 0 atom stereocenters. The van der Waals surface area contributed by atoms with Crippen molar-refractivity contribution in [2.75, 3.05) is 5.73 Å². The lowest BCUT2D eigenvalue weighted by atomic mass is 10.2. The highest BCUT2D eigenvalue weighted by atomic mass is 15.3. The number of hydrogen-bond acceptors (Lipinski definition) is 2. The van der Waals surface area contributed by atoms with Crippen LogP contribution in [-0.4, -0.2) is 9.78 Å². The van der Waals surface area contributed by atoms with E-state index in [2.05, 4.69) is 11.7 Å². The lowest BCUT2D eigenvalue weighted by Gasteiger charge is -2.02. The molecule has 0 radical (unpaired) electrons. The molecule has 0 aliphatic heterocycles. The van der Waals surface area contributed by atoms with Crippen molar-refractivity contribution in [2.24, 2.45) is 0 Å². The van der Waals surface area contributed by atoms with E-state index in [1.807, 2.05) is 42.5 Å².